The van der Waals surface area contributed by atoms with Gasteiger partial charge in [-0.15, -0.1) is 0 Å². The average molecular weight is 292 g/mol. The zero-order valence-corrected chi connectivity index (χ0v) is 12.1. The largest absolute Gasteiger partial charge is 0.497 e. The van der Waals surface area contributed by atoms with Crippen molar-refractivity contribution < 1.29 is 13.2 Å². The van der Waals surface area contributed by atoms with Crippen LogP contribution in [0.5, 0.6) is 5.75 Å². The van der Waals surface area contributed by atoms with E-state index in [0.717, 1.165) is 0 Å². The van der Waals surface area contributed by atoms with E-state index in [4.69, 9.17) is 10.5 Å². The van der Waals surface area contributed by atoms with Gasteiger partial charge in [-0.3, -0.25) is 4.72 Å². The first-order valence-corrected chi connectivity index (χ1v) is 7.44. The normalized spacial score (nSPS) is 11.1. The smallest absolute Gasteiger partial charge is 0.262 e. The van der Waals surface area contributed by atoms with Gasteiger partial charge in [-0.2, -0.15) is 0 Å². The summed E-state index contributed by atoms with van der Waals surface area (Å²) in [4.78, 5) is 0.232. The van der Waals surface area contributed by atoms with E-state index in [1.807, 2.05) is 0 Å². The van der Waals surface area contributed by atoms with Crippen molar-refractivity contribution in [2.45, 2.75) is 11.8 Å². The molecular formula is C14H16N2O3S. The zero-order chi connectivity index (χ0) is 14.8. The number of sulfonamides is 1. The Morgan fingerprint density at radius 2 is 1.85 bits per heavy atom. The monoisotopic (exact) mass is 292 g/mol. The molecule has 0 spiro atoms. The van der Waals surface area contributed by atoms with Crippen LogP contribution in [0, 0.1) is 6.92 Å². The van der Waals surface area contributed by atoms with Crippen molar-refractivity contribution >= 4 is 21.4 Å². The average Bonchev–Trinajstić information content (AvgIpc) is 2.41. The predicted molar refractivity (Wildman–Crippen MR) is 79.4 cm³/mol. The third kappa shape index (κ3) is 2.85. The predicted octanol–water partition coefficient (Wildman–Crippen LogP) is 2.39. The second-order valence-electron chi connectivity index (χ2n) is 4.32. The Morgan fingerprint density at radius 1 is 1.15 bits per heavy atom. The van der Waals surface area contributed by atoms with Crippen LogP contribution >= 0.6 is 0 Å². The van der Waals surface area contributed by atoms with Crippen LogP contribution in [-0.2, 0) is 10.0 Å². The molecule has 0 heterocycles. The molecule has 5 nitrogen and oxygen atoms in total. The van der Waals surface area contributed by atoms with Gasteiger partial charge in [0.15, 0.2) is 0 Å². The lowest BCUT2D eigenvalue weighted by molar-refractivity contribution is 0.415. The summed E-state index contributed by atoms with van der Waals surface area (Å²) in [7, 11) is -2.14. The highest BCUT2D eigenvalue weighted by molar-refractivity contribution is 7.92. The number of benzene rings is 2. The van der Waals surface area contributed by atoms with Crippen molar-refractivity contribution in [1.82, 2.24) is 0 Å². The highest BCUT2D eigenvalue weighted by Gasteiger charge is 2.17. The summed E-state index contributed by atoms with van der Waals surface area (Å²) in [5.74, 6) is 0.571. The molecule has 20 heavy (non-hydrogen) atoms. The van der Waals surface area contributed by atoms with Crippen LogP contribution in [0.1, 0.15) is 5.56 Å². The van der Waals surface area contributed by atoms with Crippen LogP contribution in [0.2, 0.25) is 0 Å². The number of anilines is 2. The summed E-state index contributed by atoms with van der Waals surface area (Å²) in [5, 5.41) is 0. The number of rotatable bonds is 4. The van der Waals surface area contributed by atoms with E-state index in [2.05, 4.69) is 4.72 Å². The van der Waals surface area contributed by atoms with Crippen molar-refractivity contribution in [3.05, 3.63) is 48.0 Å². The molecule has 0 saturated carbocycles. The summed E-state index contributed by atoms with van der Waals surface area (Å²) in [5.41, 5.74) is 7.12. The number of aryl methyl sites for hydroxylation is 1. The molecule has 2 aromatic carbocycles. The Kier molecular flexibility index (Phi) is 3.85. The van der Waals surface area contributed by atoms with E-state index in [9.17, 15) is 8.42 Å². The van der Waals surface area contributed by atoms with E-state index in [1.165, 1.54) is 7.11 Å². The van der Waals surface area contributed by atoms with Gasteiger partial charge in [0.2, 0.25) is 0 Å². The van der Waals surface area contributed by atoms with E-state index in [-0.39, 0.29) is 4.90 Å². The van der Waals surface area contributed by atoms with Gasteiger partial charge in [0.25, 0.3) is 10.0 Å². The van der Waals surface area contributed by atoms with E-state index in [0.29, 0.717) is 22.7 Å². The summed E-state index contributed by atoms with van der Waals surface area (Å²) in [6.07, 6.45) is 0. The molecule has 2 aromatic rings. The van der Waals surface area contributed by atoms with Crippen molar-refractivity contribution in [3.63, 3.8) is 0 Å². The minimum absolute atomic E-state index is 0.232. The number of nitrogens with one attached hydrogen (secondary N) is 1. The van der Waals surface area contributed by atoms with Crippen LogP contribution in [-0.4, -0.2) is 15.5 Å². The van der Waals surface area contributed by atoms with E-state index in [1.54, 1.807) is 49.4 Å². The fourth-order valence-electron chi connectivity index (χ4n) is 1.82. The Morgan fingerprint density at radius 3 is 2.45 bits per heavy atom. The molecule has 0 aliphatic heterocycles. The number of ether oxygens (including phenoxy) is 1. The van der Waals surface area contributed by atoms with Gasteiger partial charge >= 0.3 is 0 Å². The Hall–Kier alpha value is -2.21. The first-order chi connectivity index (χ1) is 9.44. The van der Waals surface area contributed by atoms with Gasteiger partial charge in [-0.1, -0.05) is 18.2 Å². The molecule has 0 saturated heterocycles. The molecule has 0 aliphatic carbocycles. The summed E-state index contributed by atoms with van der Waals surface area (Å²) in [6.45, 7) is 1.74. The number of hydrogen-bond acceptors (Lipinski definition) is 4. The van der Waals surface area contributed by atoms with Crippen molar-refractivity contribution in [1.29, 1.82) is 0 Å². The Balaban J connectivity index is 2.36. The van der Waals surface area contributed by atoms with Crippen LogP contribution in [0.25, 0.3) is 0 Å². The van der Waals surface area contributed by atoms with Gasteiger partial charge in [0.05, 0.1) is 23.4 Å². The second-order valence-corrected chi connectivity index (χ2v) is 5.98. The molecule has 0 unspecified atom stereocenters. The van der Waals surface area contributed by atoms with Gasteiger partial charge in [0, 0.05) is 6.07 Å². The summed E-state index contributed by atoms with van der Waals surface area (Å²) >= 11 is 0. The molecule has 3 N–H and O–H groups in total. The van der Waals surface area contributed by atoms with Crippen LogP contribution in [0.4, 0.5) is 11.4 Å². The van der Waals surface area contributed by atoms with Crippen LogP contribution in [0.15, 0.2) is 47.4 Å². The summed E-state index contributed by atoms with van der Waals surface area (Å²) in [6, 6.07) is 11.5. The maximum absolute atomic E-state index is 12.3. The van der Waals surface area contributed by atoms with Gasteiger partial charge in [-0.05, 0) is 30.7 Å². The molecule has 2 rings (SSSR count). The maximum atomic E-state index is 12.3. The van der Waals surface area contributed by atoms with Crippen LogP contribution in [0.3, 0.4) is 0 Å². The molecule has 0 radical (unpaired) electrons. The minimum atomic E-state index is -3.66. The van der Waals surface area contributed by atoms with Crippen LogP contribution < -0.4 is 15.2 Å². The first-order valence-electron chi connectivity index (χ1n) is 5.96. The molecule has 0 atom stereocenters. The lowest BCUT2D eigenvalue weighted by Crippen LogP contribution is -2.15. The standard InChI is InChI=1S/C14H16N2O3S/c1-10-5-3-4-6-14(10)20(17,18)16-13-8-7-11(19-2)9-12(13)15/h3-9,16H,15H2,1-2H3. The SMILES string of the molecule is COc1ccc(NS(=O)(=O)c2ccccc2C)c(N)c1. The number of methoxy groups -OCH3 is 1. The van der Waals surface area contributed by atoms with Gasteiger partial charge in [-0.25, -0.2) is 8.42 Å². The zero-order valence-electron chi connectivity index (χ0n) is 11.3. The quantitative estimate of drug-likeness (QED) is 0.848. The van der Waals surface area contributed by atoms with Gasteiger partial charge < -0.3 is 10.5 Å². The van der Waals surface area contributed by atoms with E-state index >= 15 is 0 Å². The van der Waals surface area contributed by atoms with Gasteiger partial charge in [0.1, 0.15) is 5.75 Å². The fraction of sp³-hybridized carbons (Fsp3) is 0.143. The van der Waals surface area contributed by atoms with Crippen molar-refractivity contribution in [2.24, 2.45) is 0 Å². The summed E-state index contributed by atoms with van der Waals surface area (Å²) < 4.78 is 32.2. The fourth-order valence-corrected chi connectivity index (χ4v) is 3.15. The van der Waals surface area contributed by atoms with E-state index < -0.39 is 10.0 Å². The molecule has 0 bridgehead atoms. The Labute approximate surface area is 118 Å². The highest BCUT2D eigenvalue weighted by atomic mass is 32.2. The molecule has 0 aromatic heterocycles. The third-order valence-corrected chi connectivity index (χ3v) is 4.41. The molecule has 106 valence electrons. The molecule has 0 fully saturated rings. The highest BCUT2D eigenvalue weighted by Crippen LogP contribution is 2.27. The maximum Gasteiger partial charge on any atom is 0.262 e. The first kappa shape index (κ1) is 14.2. The second kappa shape index (κ2) is 5.42. The van der Waals surface area contributed by atoms with Crippen molar-refractivity contribution in [2.75, 3.05) is 17.6 Å². The number of hydrogen-bond donors (Lipinski definition) is 2. The molecule has 0 amide bonds. The third-order valence-electron chi connectivity index (χ3n) is 2.89. The lowest BCUT2D eigenvalue weighted by Gasteiger charge is -2.12. The topological polar surface area (TPSA) is 81.4 Å². The number of nitrogens with two attached hydrogens (primary N) is 1. The minimum Gasteiger partial charge on any atom is -0.497 e. The molecule has 6 heteroatoms. The lowest BCUT2D eigenvalue weighted by atomic mass is 10.2. The molecule has 0 aliphatic rings. The number of nitrogen functional groups attached to an aromatic ring is 1. The molecular weight excluding hydrogens is 276 g/mol. The van der Waals surface area contributed by atoms with Crippen molar-refractivity contribution in [3.8, 4) is 5.75 Å². The Bertz CT molecular complexity index is 727.